The van der Waals surface area contributed by atoms with Gasteiger partial charge in [-0.05, 0) is 49.8 Å². The molecule has 172 valence electrons. The van der Waals surface area contributed by atoms with Crippen LogP contribution in [0, 0.1) is 12.3 Å². The molecule has 2 aliphatic rings. The number of aromatic nitrogens is 3. The zero-order chi connectivity index (χ0) is 23.0. The molecule has 5 rings (SSSR count). The van der Waals surface area contributed by atoms with Gasteiger partial charge in [0.05, 0.1) is 11.6 Å². The van der Waals surface area contributed by atoms with Crippen LogP contribution in [-0.2, 0) is 4.74 Å². The van der Waals surface area contributed by atoms with E-state index >= 15 is 0 Å². The SMILES string of the molecule is Cc1conc1C(=O)NCC1CC2(CCOCC2)CN1C(=O)c1ccc2c(=O)[nH]ncc2c1. The van der Waals surface area contributed by atoms with Crippen molar-refractivity contribution in [3.8, 4) is 0 Å². The summed E-state index contributed by atoms with van der Waals surface area (Å²) in [6.45, 7) is 4.01. The van der Waals surface area contributed by atoms with Crippen molar-refractivity contribution in [3.63, 3.8) is 0 Å². The van der Waals surface area contributed by atoms with Gasteiger partial charge in [-0.3, -0.25) is 14.4 Å². The molecular weight excluding hydrogens is 426 g/mol. The number of hydrogen-bond donors (Lipinski definition) is 2. The lowest BCUT2D eigenvalue weighted by molar-refractivity contribution is 0.0190. The van der Waals surface area contributed by atoms with Crippen molar-refractivity contribution < 1.29 is 18.8 Å². The van der Waals surface area contributed by atoms with E-state index < -0.39 is 0 Å². The molecule has 2 amide bonds. The first-order chi connectivity index (χ1) is 16.0. The van der Waals surface area contributed by atoms with Crippen molar-refractivity contribution in [2.75, 3.05) is 26.3 Å². The van der Waals surface area contributed by atoms with Crippen LogP contribution in [0.4, 0.5) is 0 Å². The topological polar surface area (TPSA) is 130 Å². The van der Waals surface area contributed by atoms with Crippen LogP contribution in [0.15, 0.2) is 40.0 Å². The fourth-order valence-corrected chi connectivity index (χ4v) is 4.95. The Labute approximate surface area is 189 Å². The number of aryl methyl sites for hydroxylation is 1. The fraction of sp³-hybridized carbons (Fsp3) is 0.435. The van der Waals surface area contributed by atoms with Gasteiger partial charge in [0.2, 0.25) is 0 Å². The highest BCUT2D eigenvalue weighted by Gasteiger charge is 2.46. The van der Waals surface area contributed by atoms with E-state index in [1.165, 1.54) is 12.5 Å². The first kappa shape index (κ1) is 21.3. The summed E-state index contributed by atoms with van der Waals surface area (Å²) in [5, 5.41) is 14.0. The van der Waals surface area contributed by atoms with Crippen molar-refractivity contribution in [2.45, 2.75) is 32.2 Å². The number of likely N-dealkylation sites (tertiary alicyclic amines) is 1. The smallest absolute Gasteiger partial charge is 0.273 e. The zero-order valence-electron chi connectivity index (χ0n) is 18.3. The van der Waals surface area contributed by atoms with E-state index in [9.17, 15) is 14.4 Å². The Morgan fingerprint density at radius 1 is 1.30 bits per heavy atom. The summed E-state index contributed by atoms with van der Waals surface area (Å²) in [5.41, 5.74) is 1.08. The fourth-order valence-electron chi connectivity index (χ4n) is 4.95. The normalized spacial score (nSPS) is 19.8. The van der Waals surface area contributed by atoms with Crippen molar-refractivity contribution in [1.82, 2.24) is 25.6 Å². The molecule has 2 aliphatic heterocycles. The molecule has 2 fully saturated rings. The predicted octanol–water partition coefficient (Wildman–Crippen LogP) is 1.66. The molecule has 1 spiro atoms. The molecule has 0 radical (unpaired) electrons. The Bertz CT molecular complexity index is 1260. The van der Waals surface area contributed by atoms with Gasteiger partial charge >= 0.3 is 0 Å². The minimum absolute atomic E-state index is 0.0251. The van der Waals surface area contributed by atoms with Gasteiger partial charge < -0.3 is 19.5 Å². The number of carbonyl (C=O) groups excluding carboxylic acids is 2. The Balaban J connectivity index is 1.40. The average molecular weight is 451 g/mol. The highest BCUT2D eigenvalue weighted by Crippen LogP contribution is 2.43. The second kappa shape index (κ2) is 8.43. The Morgan fingerprint density at radius 3 is 2.88 bits per heavy atom. The summed E-state index contributed by atoms with van der Waals surface area (Å²) >= 11 is 0. The van der Waals surface area contributed by atoms with Gasteiger partial charge in [0.25, 0.3) is 17.4 Å². The summed E-state index contributed by atoms with van der Waals surface area (Å²) in [5.74, 6) is -0.449. The van der Waals surface area contributed by atoms with Gasteiger partial charge in [0, 0.05) is 48.9 Å². The maximum Gasteiger partial charge on any atom is 0.273 e. The summed E-state index contributed by atoms with van der Waals surface area (Å²) < 4.78 is 10.4. The van der Waals surface area contributed by atoms with E-state index in [4.69, 9.17) is 9.26 Å². The third kappa shape index (κ3) is 4.02. The summed E-state index contributed by atoms with van der Waals surface area (Å²) in [6, 6.07) is 4.85. The van der Waals surface area contributed by atoms with E-state index in [1.54, 1.807) is 25.1 Å². The van der Waals surface area contributed by atoms with Gasteiger partial charge in [0.1, 0.15) is 6.26 Å². The number of fused-ring (bicyclic) bond motifs is 1. The number of carbonyl (C=O) groups is 2. The monoisotopic (exact) mass is 451 g/mol. The van der Waals surface area contributed by atoms with Gasteiger partial charge in [0.15, 0.2) is 5.69 Å². The van der Waals surface area contributed by atoms with Crippen LogP contribution in [0.25, 0.3) is 10.8 Å². The zero-order valence-corrected chi connectivity index (χ0v) is 18.3. The molecule has 4 heterocycles. The third-order valence-corrected chi connectivity index (χ3v) is 6.80. The number of amides is 2. The van der Waals surface area contributed by atoms with Gasteiger partial charge in [-0.25, -0.2) is 5.10 Å². The molecule has 1 unspecified atom stereocenters. The molecule has 2 aromatic heterocycles. The highest BCUT2D eigenvalue weighted by molar-refractivity contribution is 5.98. The molecule has 10 nitrogen and oxygen atoms in total. The molecule has 2 N–H and O–H groups in total. The number of benzene rings is 1. The molecule has 33 heavy (non-hydrogen) atoms. The number of H-pyrrole nitrogens is 1. The number of aromatic amines is 1. The number of ether oxygens (including phenoxy) is 1. The van der Waals surface area contributed by atoms with Crippen molar-refractivity contribution in [2.24, 2.45) is 5.41 Å². The Hall–Kier alpha value is -3.53. The second-order valence-corrected chi connectivity index (χ2v) is 8.96. The van der Waals surface area contributed by atoms with Crippen LogP contribution in [0.2, 0.25) is 0 Å². The van der Waals surface area contributed by atoms with E-state index in [0.717, 1.165) is 19.3 Å². The highest BCUT2D eigenvalue weighted by atomic mass is 16.5. The van der Waals surface area contributed by atoms with Crippen LogP contribution in [0.5, 0.6) is 0 Å². The molecule has 0 bridgehead atoms. The number of rotatable bonds is 4. The van der Waals surface area contributed by atoms with Crippen molar-refractivity contribution >= 4 is 22.6 Å². The lowest BCUT2D eigenvalue weighted by Crippen LogP contribution is -2.43. The molecule has 1 aromatic carbocycles. The summed E-state index contributed by atoms with van der Waals surface area (Å²) in [6.07, 6.45) is 5.50. The first-order valence-corrected chi connectivity index (χ1v) is 11.0. The van der Waals surface area contributed by atoms with Crippen LogP contribution < -0.4 is 10.9 Å². The van der Waals surface area contributed by atoms with Gasteiger partial charge in [-0.15, -0.1) is 0 Å². The van der Waals surface area contributed by atoms with E-state index in [0.29, 0.717) is 48.2 Å². The number of hydrogen-bond acceptors (Lipinski definition) is 7. The van der Waals surface area contributed by atoms with Crippen LogP contribution in [-0.4, -0.2) is 64.4 Å². The van der Waals surface area contributed by atoms with Crippen LogP contribution in [0.1, 0.15) is 45.7 Å². The molecular formula is C23H25N5O5. The summed E-state index contributed by atoms with van der Waals surface area (Å²) in [7, 11) is 0. The first-order valence-electron chi connectivity index (χ1n) is 11.0. The minimum atomic E-state index is -0.322. The standard InChI is InChI=1S/C23H25N5O5/c1-14-12-33-27-19(14)21(30)24-11-17-9-23(4-6-32-7-5-23)13-28(17)22(31)15-2-3-18-16(8-15)10-25-26-20(18)29/h2-3,8,10,12,17H,4-7,9,11,13H2,1H3,(H,24,30)(H,26,29). The molecule has 0 aliphatic carbocycles. The van der Waals surface area contributed by atoms with E-state index in [1.807, 2.05) is 4.90 Å². The van der Waals surface area contributed by atoms with E-state index in [2.05, 4.69) is 20.7 Å². The second-order valence-electron chi connectivity index (χ2n) is 8.96. The minimum Gasteiger partial charge on any atom is -0.381 e. The van der Waals surface area contributed by atoms with E-state index in [-0.39, 0.29) is 34.5 Å². The summed E-state index contributed by atoms with van der Waals surface area (Å²) in [4.78, 5) is 40.0. The quantitative estimate of drug-likeness (QED) is 0.617. The van der Waals surface area contributed by atoms with Crippen LogP contribution in [0.3, 0.4) is 0 Å². The largest absolute Gasteiger partial charge is 0.381 e. The molecule has 10 heteroatoms. The number of nitrogens with zero attached hydrogens (tertiary/aromatic N) is 3. The lowest BCUT2D eigenvalue weighted by atomic mass is 9.78. The molecule has 3 aromatic rings. The van der Waals surface area contributed by atoms with Crippen LogP contribution >= 0.6 is 0 Å². The molecule has 0 saturated carbocycles. The Kier molecular flexibility index (Phi) is 5.45. The lowest BCUT2D eigenvalue weighted by Gasteiger charge is -2.33. The average Bonchev–Trinajstić information content (AvgIpc) is 3.41. The maximum absolute atomic E-state index is 13.6. The Morgan fingerprint density at radius 2 is 2.12 bits per heavy atom. The number of nitrogens with one attached hydrogen (secondary N) is 2. The predicted molar refractivity (Wildman–Crippen MR) is 118 cm³/mol. The van der Waals surface area contributed by atoms with Crippen molar-refractivity contribution in [1.29, 1.82) is 0 Å². The third-order valence-electron chi connectivity index (χ3n) is 6.80. The molecule has 1 atom stereocenters. The van der Waals surface area contributed by atoms with Gasteiger partial charge in [-0.1, -0.05) is 5.16 Å². The molecule has 2 saturated heterocycles. The maximum atomic E-state index is 13.6. The van der Waals surface area contributed by atoms with Gasteiger partial charge in [-0.2, -0.15) is 5.10 Å². The van der Waals surface area contributed by atoms with Crippen molar-refractivity contribution in [3.05, 3.63) is 57.8 Å².